The number of benzene rings is 1. The van der Waals surface area contributed by atoms with Crippen LogP contribution in [-0.4, -0.2) is 25.8 Å². The average molecular weight is 289 g/mol. The van der Waals surface area contributed by atoms with Crippen molar-refractivity contribution in [1.82, 2.24) is 5.32 Å². The summed E-state index contributed by atoms with van der Waals surface area (Å²) < 4.78 is 5.78. The Morgan fingerprint density at radius 2 is 1.90 bits per heavy atom. The van der Waals surface area contributed by atoms with Gasteiger partial charge in [0.15, 0.2) is 0 Å². The number of aryl methyl sites for hydroxylation is 1. The summed E-state index contributed by atoms with van der Waals surface area (Å²) in [7, 11) is 0. The molecule has 1 saturated carbocycles. The van der Waals surface area contributed by atoms with E-state index in [0.29, 0.717) is 11.8 Å². The van der Waals surface area contributed by atoms with E-state index in [1.54, 1.807) is 0 Å². The number of hydrogen-bond donors (Lipinski definition) is 1. The molecule has 1 atom stereocenters. The highest BCUT2D eigenvalue weighted by Crippen LogP contribution is 2.20. The first-order valence-corrected chi connectivity index (χ1v) is 8.50. The van der Waals surface area contributed by atoms with Crippen LogP contribution in [0.4, 0.5) is 0 Å². The molecule has 2 rings (SSSR count). The van der Waals surface area contributed by atoms with Crippen LogP contribution in [0.15, 0.2) is 24.3 Å². The highest BCUT2D eigenvalue weighted by Gasteiger charge is 2.22. The van der Waals surface area contributed by atoms with Crippen LogP contribution < -0.4 is 5.32 Å². The Balaban J connectivity index is 1.77. The van der Waals surface area contributed by atoms with E-state index in [9.17, 15) is 0 Å². The van der Waals surface area contributed by atoms with Crippen molar-refractivity contribution in [2.24, 2.45) is 11.8 Å². The largest absolute Gasteiger partial charge is 0.381 e. The van der Waals surface area contributed by atoms with Crippen molar-refractivity contribution in [2.45, 2.75) is 52.5 Å². The van der Waals surface area contributed by atoms with Gasteiger partial charge in [0.05, 0.1) is 0 Å². The van der Waals surface area contributed by atoms with Gasteiger partial charge in [0.2, 0.25) is 0 Å². The molecule has 0 saturated heterocycles. The fourth-order valence-electron chi connectivity index (χ4n) is 2.52. The minimum Gasteiger partial charge on any atom is -0.381 e. The molecule has 0 amide bonds. The molecule has 0 bridgehead atoms. The van der Waals surface area contributed by atoms with Crippen LogP contribution in [0, 0.1) is 18.8 Å². The van der Waals surface area contributed by atoms with Crippen LogP contribution >= 0.6 is 0 Å². The van der Waals surface area contributed by atoms with Gasteiger partial charge < -0.3 is 10.1 Å². The van der Waals surface area contributed by atoms with E-state index < -0.39 is 0 Å². The minimum absolute atomic E-state index is 0.630. The molecule has 1 unspecified atom stereocenters. The number of ether oxygens (including phenoxy) is 1. The predicted molar refractivity (Wildman–Crippen MR) is 89.7 cm³/mol. The monoisotopic (exact) mass is 289 g/mol. The van der Waals surface area contributed by atoms with Crippen molar-refractivity contribution in [1.29, 1.82) is 0 Å². The third-order valence-corrected chi connectivity index (χ3v) is 4.04. The minimum atomic E-state index is 0.630. The molecule has 1 aromatic rings. The summed E-state index contributed by atoms with van der Waals surface area (Å²) in [5.41, 5.74) is 2.79. The van der Waals surface area contributed by atoms with E-state index in [4.69, 9.17) is 4.74 Å². The second kappa shape index (κ2) is 8.55. The molecule has 21 heavy (non-hydrogen) atoms. The Hall–Kier alpha value is -0.860. The molecule has 0 aliphatic heterocycles. The highest BCUT2D eigenvalue weighted by atomic mass is 16.5. The van der Waals surface area contributed by atoms with E-state index in [1.165, 1.54) is 24.0 Å². The predicted octanol–water partition coefficient (Wildman–Crippen LogP) is 3.97. The smallest absolute Gasteiger partial charge is 0.0488 e. The zero-order valence-corrected chi connectivity index (χ0v) is 13.9. The molecular formula is C19H31NO. The molecule has 0 radical (unpaired) electrons. The maximum absolute atomic E-state index is 5.78. The summed E-state index contributed by atoms with van der Waals surface area (Å²) in [6.45, 7) is 9.46. The number of rotatable bonds is 10. The Bertz CT molecular complexity index is 395. The van der Waals surface area contributed by atoms with Gasteiger partial charge in [-0.1, -0.05) is 43.7 Å². The van der Waals surface area contributed by atoms with E-state index in [-0.39, 0.29) is 0 Å². The summed E-state index contributed by atoms with van der Waals surface area (Å²) in [4.78, 5) is 0. The molecule has 1 aliphatic carbocycles. The van der Waals surface area contributed by atoms with E-state index in [1.807, 2.05) is 0 Å². The molecule has 2 heteroatoms. The topological polar surface area (TPSA) is 21.3 Å². The van der Waals surface area contributed by atoms with Gasteiger partial charge >= 0.3 is 0 Å². The van der Waals surface area contributed by atoms with Gasteiger partial charge in [-0.15, -0.1) is 0 Å². The molecule has 1 aliphatic rings. The maximum Gasteiger partial charge on any atom is 0.0488 e. The fraction of sp³-hybridized carbons (Fsp3) is 0.684. The first kappa shape index (κ1) is 16.5. The van der Waals surface area contributed by atoms with Crippen LogP contribution in [0.2, 0.25) is 0 Å². The Kier molecular flexibility index (Phi) is 6.72. The van der Waals surface area contributed by atoms with E-state index in [2.05, 4.69) is 50.4 Å². The van der Waals surface area contributed by atoms with Gasteiger partial charge in [-0.05, 0) is 56.6 Å². The van der Waals surface area contributed by atoms with Crippen molar-refractivity contribution >= 4 is 0 Å². The lowest BCUT2D eigenvalue weighted by Gasteiger charge is -2.18. The first-order valence-electron chi connectivity index (χ1n) is 8.50. The molecular weight excluding hydrogens is 258 g/mol. The standard InChI is InChI=1S/C19H31NO/c1-15(2)14-21-11-10-18(13-20-19-8-9-19)12-17-6-4-16(3)5-7-17/h4-7,15,18-20H,8-14H2,1-3H3. The molecule has 1 aromatic carbocycles. The lowest BCUT2D eigenvalue weighted by atomic mass is 9.95. The molecule has 2 nitrogen and oxygen atoms in total. The van der Waals surface area contributed by atoms with E-state index in [0.717, 1.165) is 38.6 Å². The molecule has 0 aromatic heterocycles. The summed E-state index contributed by atoms with van der Waals surface area (Å²) in [6, 6.07) is 9.77. The lowest BCUT2D eigenvalue weighted by molar-refractivity contribution is 0.0975. The molecule has 0 spiro atoms. The van der Waals surface area contributed by atoms with Crippen molar-refractivity contribution in [2.75, 3.05) is 19.8 Å². The summed E-state index contributed by atoms with van der Waals surface area (Å²) in [6.07, 6.45) is 5.04. The van der Waals surface area contributed by atoms with Gasteiger partial charge in [0, 0.05) is 19.3 Å². The van der Waals surface area contributed by atoms with Crippen LogP contribution in [0.1, 0.15) is 44.2 Å². The Morgan fingerprint density at radius 3 is 2.52 bits per heavy atom. The van der Waals surface area contributed by atoms with Gasteiger partial charge in [-0.2, -0.15) is 0 Å². The van der Waals surface area contributed by atoms with Crippen molar-refractivity contribution in [3.05, 3.63) is 35.4 Å². The van der Waals surface area contributed by atoms with Crippen LogP contribution in [0.25, 0.3) is 0 Å². The van der Waals surface area contributed by atoms with Crippen LogP contribution in [0.3, 0.4) is 0 Å². The zero-order chi connectivity index (χ0) is 15.1. The molecule has 1 N–H and O–H groups in total. The third-order valence-electron chi connectivity index (χ3n) is 4.04. The van der Waals surface area contributed by atoms with E-state index >= 15 is 0 Å². The Morgan fingerprint density at radius 1 is 1.19 bits per heavy atom. The normalized spacial score (nSPS) is 16.4. The second-order valence-corrected chi connectivity index (χ2v) is 7.00. The Labute approximate surface area is 130 Å². The van der Waals surface area contributed by atoms with Crippen LogP contribution in [-0.2, 0) is 11.2 Å². The molecule has 0 heterocycles. The molecule has 118 valence electrons. The first-order chi connectivity index (χ1) is 10.1. The second-order valence-electron chi connectivity index (χ2n) is 7.00. The van der Waals surface area contributed by atoms with Gasteiger partial charge in [0.1, 0.15) is 0 Å². The maximum atomic E-state index is 5.78. The SMILES string of the molecule is Cc1ccc(CC(CCOCC(C)C)CNC2CC2)cc1. The average Bonchev–Trinajstić information content (AvgIpc) is 3.27. The lowest BCUT2D eigenvalue weighted by Crippen LogP contribution is -2.27. The van der Waals surface area contributed by atoms with Gasteiger partial charge in [-0.3, -0.25) is 0 Å². The number of nitrogens with one attached hydrogen (secondary N) is 1. The summed E-state index contributed by atoms with van der Waals surface area (Å²) in [5, 5.41) is 3.68. The highest BCUT2D eigenvalue weighted by molar-refractivity contribution is 5.21. The van der Waals surface area contributed by atoms with Gasteiger partial charge in [-0.25, -0.2) is 0 Å². The number of hydrogen-bond acceptors (Lipinski definition) is 2. The van der Waals surface area contributed by atoms with Crippen molar-refractivity contribution in [3.8, 4) is 0 Å². The fourth-order valence-corrected chi connectivity index (χ4v) is 2.52. The third kappa shape index (κ3) is 7.10. The van der Waals surface area contributed by atoms with Crippen molar-refractivity contribution in [3.63, 3.8) is 0 Å². The quantitative estimate of drug-likeness (QED) is 0.658. The van der Waals surface area contributed by atoms with Crippen LogP contribution in [0.5, 0.6) is 0 Å². The summed E-state index contributed by atoms with van der Waals surface area (Å²) >= 11 is 0. The zero-order valence-electron chi connectivity index (χ0n) is 13.9. The van der Waals surface area contributed by atoms with Crippen molar-refractivity contribution < 1.29 is 4.74 Å². The summed E-state index contributed by atoms with van der Waals surface area (Å²) in [5.74, 6) is 1.31. The van der Waals surface area contributed by atoms with Gasteiger partial charge in [0.25, 0.3) is 0 Å². The molecule has 1 fully saturated rings.